The molecule has 1 atom stereocenters. The molecule has 1 unspecified atom stereocenters. The smallest absolute Gasteiger partial charge is 0.192 e. The van der Waals surface area contributed by atoms with E-state index in [2.05, 4.69) is 39.0 Å². The number of carbonyl (C=O) groups excluding carboxylic acids is 1. The maximum absolute atomic E-state index is 12.4. The Morgan fingerprint density at radius 1 is 1.07 bits per heavy atom. The number of Topliss-reactive ketones (excluding diaryl/α,β-unsaturated/α-hetero) is 1. The van der Waals surface area contributed by atoms with Crippen molar-refractivity contribution in [3.8, 4) is 17.1 Å². The third kappa shape index (κ3) is 4.53. The van der Waals surface area contributed by atoms with Gasteiger partial charge in [0.15, 0.2) is 11.0 Å². The number of hydrogen-bond donors (Lipinski definition) is 0. The Balaban J connectivity index is 1.67. The Kier molecular flexibility index (Phi) is 6.30. The quantitative estimate of drug-likeness (QED) is 0.563. The second-order valence-corrected chi connectivity index (χ2v) is 8.38. The maximum Gasteiger partial charge on any atom is 0.192 e. The molecule has 1 aliphatic rings. The summed E-state index contributed by atoms with van der Waals surface area (Å²) in [6.07, 6.45) is 4.56. The molecule has 0 N–H and O–H groups in total. The summed E-state index contributed by atoms with van der Waals surface area (Å²) in [4.78, 5) is 12.4. The molecule has 6 heteroatoms. The molecule has 0 aliphatic heterocycles. The lowest BCUT2D eigenvalue weighted by atomic mass is 9.99. The van der Waals surface area contributed by atoms with Crippen molar-refractivity contribution < 1.29 is 9.53 Å². The van der Waals surface area contributed by atoms with Crippen molar-refractivity contribution in [3.05, 3.63) is 60.2 Å². The number of rotatable bonds is 7. The average molecular weight is 408 g/mol. The van der Waals surface area contributed by atoms with Crippen LogP contribution in [-0.4, -0.2) is 32.9 Å². The number of ether oxygens (including phenoxy) is 1. The van der Waals surface area contributed by atoms with Gasteiger partial charge >= 0.3 is 0 Å². The van der Waals surface area contributed by atoms with Crippen LogP contribution in [0.25, 0.3) is 11.4 Å². The molecule has 29 heavy (non-hydrogen) atoms. The van der Waals surface area contributed by atoms with Gasteiger partial charge in [-0.05, 0) is 37.0 Å². The maximum atomic E-state index is 12.4. The Bertz CT molecular complexity index is 971. The fourth-order valence-corrected chi connectivity index (χ4v) is 4.88. The van der Waals surface area contributed by atoms with Gasteiger partial charge in [-0.3, -0.25) is 4.79 Å². The van der Waals surface area contributed by atoms with Gasteiger partial charge < -0.3 is 9.30 Å². The highest BCUT2D eigenvalue weighted by atomic mass is 32.2. The number of thioether (sulfide) groups is 1. The molecule has 2 aromatic carbocycles. The number of carbonyl (C=O) groups is 1. The zero-order valence-corrected chi connectivity index (χ0v) is 17.4. The Labute approximate surface area is 175 Å². The Morgan fingerprint density at radius 3 is 2.66 bits per heavy atom. The number of benzene rings is 2. The molecular formula is C23H25N3O2S. The molecule has 1 aliphatic carbocycles. The largest absolute Gasteiger partial charge is 0.496 e. The van der Waals surface area contributed by atoms with Gasteiger partial charge in [0.25, 0.3) is 0 Å². The van der Waals surface area contributed by atoms with Crippen LogP contribution in [0.2, 0.25) is 0 Å². The molecule has 0 spiro atoms. The van der Waals surface area contributed by atoms with Crippen LogP contribution in [0.3, 0.4) is 0 Å². The van der Waals surface area contributed by atoms with E-state index in [4.69, 9.17) is 4.74 Å². The third-order valence-corrected chi connectivity index (χ3v) is 6.57. The fraction of sp³-hybridized carbons (Fsp3) is 0.348. The summed E-state index contributed by atoms with van der Waals surface area (Å²) in [5.41, 5.74) is 2.18. The van der Waals surface area contributed by atoms with Crippen LogP contribution >= 0.6 is 11.8 Å². The molecule has 4 rings (SSSR count). The molecule has 150 valence electrons. The summed E-state index contributed by atoms with van der Waals surface area (Å²) >= 11 is 1.56. The molecular weight excluding hydrogens is 382 g/mol. The molecule has 1 aromatic heterocycles. The molecule has 3 aromatic rings. The summed E-state index contributed by atoms with van der Waals surface area (Å²) in [7, 11) is 1.67. The molecule has 0 radical (unpaired) electrons. The molecule has 1 fully saturated rings. The summed E-state index contributed by atoms with van der Waals surface area (Å²) in [6.45, 7) is 0.744. The second kappa shape index (κ2) is 9.27. The van der Waals surface area contributed by atoms with Crippen molar-refractivity contribution in [1.29, 1.82) is 0 Å². The number of nitrogens with zero attached hydrogens (tertiary/aromatic N) is 3. The van der Waals surface area contributed by atoms with Gasteiger partial charge in [-0.15, -0.1) is 10.2 Å². The average Bonchev–Trinajstić information content (AvgIpc) is 3.16. The first kappa shape index (κ1) is 19.7. The number of para-hydroxylation sites is 1. The lowest BCUT2D eigenvalue weighted by molar-refractivity contribution is -0.119. The van der Waals surface area contributed by atoms with E-state index in [9.17, 15) is 4.79 Å². The van der Waals surface area contributed by atoms with Crippen LogP contribution in [0.4, 0.5) is 0 Å². The van der Waals surface area contributed by atoms with Crippen LogP contribution in [0.15, 0.2) is 59.8 Å². The van der Waals surface area contributed by atoms with Crippen LogP contribution in [-0.2, 0) is 17.8 Å². The third-order valence-electron chi connectivity index (χ3n) is 5.28. The van der Waals surface area contributed by atoms with Crippen LogP contribution in [0, 0.1) is 0 Å². The minimum Gasteiger partial charge on any atom is -0.496 e. The van der Waals surface area contributed by atoms with E-state index in [0.717, 1.165) is 54.5 Å². The monoisotopic (exact) mass is 407 g/mol. The first-order chi connectivity index (χ1) is 14.3. The topological polar surface area (TPSA) is 57.0 Å². The highest BCUT2D eigenvalue weighted by Crippen LogP contribution is 2.35. The lowest BCUT2D eigenvalue weighted by Gasteiger charge is -2.20. The molecule has 1 heterocycles. The SMILES string of the molecule is COc1ccccc1-c1nnc(SC2CCCCC2=O)n1CCc1ccccc1. The van der Waals surface area contributed by atoms with Gasteiger partial charge in [-0.1, -0.05) is 60.6 Å². The van der Waals surface area contributed by atoms with Gasteiger partial charge in [0, 0.05) is 13.0 Å². The van der Waals surface area contributed by atoms with Crippen molar-refractivity contribution >= 4 is 17.5 Å². The van der Waals surface area contributed by atoms with Gasteiger partial charge in [-0.2, -0.15) is 0 Å². The zero-order chi connectivity index (χ0) is 20.1. The van der Waals surface area contributed by atoms with E-state index in [0.29, 0.717) is 12.2 Å². The van der Waals surface area contributed by atoms with Gasteiger partial charge in [0.05, 0.1) is 17.9 Å². The standard InChI is InChI=1S/C23H25N3O2S/c1-28-20-13-7-5-11-18(20)22-24-25-23(29-21-14-8-6-12-19(21)27)26(22)16-15-17-9-3-2-4-10-17/h2-5,7,9-11,13,21H,6,8,12,14-16H2,1H3. The number of methoxy groups -OCH3 is 1. The van der Waals surface area contributed by atoms with E-state index in [1.165, 1.54) is 5.56 Å². The van der Waals surface area contributed by atoms with E-state index in [1.807, 2.05) is 30.3 Å². The first-order valence-electron chi connectivity index (χ1n) is 10.1. The lowest BCUT2D eigenvalue weighted by Crippen LogP contribution is -2.22. The Morgan fingerprint density at radius 2 is 1.86 bits per heavy atom. The summed E-state index contributed by atoms with van der Waals surface area (Å²) in [5, 5.41) is 9.76. The predicted molar refractivity (Wildman–Crippen MR) is 115 cm³/mol. The van der Waals surface area contributed by atoms with Crippen LogP contribution in [0.1, 0.15) is 31.2 Å². The van der Waals surface area contributed by atoms with Crippen molar-refractivity contribution in [1.82, 2.24) is 14.8 Å². The van der Waals surface area contributed by atoms with Gasteiger partial charge in [-0.25, -0.2) is 0 Å². The number of ketones is 1. The highest BCUT2D eigenvalue weighted by molar-refractivity contribution is 8.00. The fourth-order valence-electron chi connectivity index (χ4n) is 3.69. The van der Waals surface area contributed by atoms with E-state index in [-0.39, 0.29) is 5.25 Å². The normalized spacial score (nSPS) is 16.7. The second-order valence-electron chi connectivity index (χ2n) is 7.21. The Hall–Kier alpha value is -2.60. The van der Waals surface area contributed by atoms with Crippen LogP contribution < -0.4 is 4.74 Å². The number of aromatic nitrogens is 3. The molecule has 0 saturated heterocycles. The predicted octanol–water partition coefficient (Wildman–Crippen LogP) is 4.80. The van der Waals surface area contributed by atoms with E-state index in [1.54, 1.807) is 18.9 Å². The molecule has 5 nitrogen and oxygen atoms in total. The van der Waals surface area contributed by atoms with Gasteiger partial charge in [0.1, 0.15) is 11.5 Å². The van der Waals surface area contributed by atoms with Crippen LogP contribution in [0.5, 0.6) is 5.75 Å². The minimum absolute atomic E-state index is 0.0195. The van der Waals surface area contributed by atoms with Gasteiger partial charge in [0.2, 0.25) is 0 Å². The first-order valence-corrected chi connectivity index (χ1v) is 10.9. The zero-order valence-electron chi connectivity index (χ0n) is 16.6. The number of hydrogen-bond acceptors (Lipinski definition) is 5. The van der Waals surface area contributed by atoms with Crippen molar-refractivity contribution in [2.75, 3.05) is 7.11 Å². The summed E-state index contributed by atoms with van der Waals surface area (Å²) < 4.78 is 7.69. The van der Waals surface area contributed by atoms with E-state index < -0.39 is 0 Å². The summed E-state index contributed by atoms with van der Waals surface area (Å²) in [5.74, 6) is 1.88. The minimum atomic E-state index is -0.0195. The van der Waals surface area contributed by atoms with Crippen molar-refractivity contribution in [3.63, 3.8) is 0 Å². The summed E-state index contributed by atoms with van der Waals surface area (Å²) in [6, 6.07) is 18.3. The molecule has 0 bridgehead atoms. The van der Waals surface area contributed by atoms with Crippen molar-refractivity contribution in [2.45, 2.75) is 49.1 Å². The number of aryl methyl sites for hydroxylation is 1. The van der Waals surface area contributed by atoms with E-state index >= 15 is 0 Å². The highest BCUT2D eigenvalue weighted by Gasteiger charge is 2.27. The molecule has 1 saturated carbocycles. The van der Waals surface area contributed by atoms with Crippen molar-refractivity contribution in [2.24, 2.45) is 0 Å². The molecule has 0 amide bonds.